The number of nitrogens with zero attached hydrogens (tertiary/aromatic N) is 1. The molecule has 0 radical (unpaired) electrons. The van der Waals surface area contributed by atoms with Crippen LogP contribution in [0.1, 0.15) is 25.0 Å². The molecule has 0 spiro atoms. The summed E-state index contributed by atoms with van der Waals surface area (Å²) in [6.07, 6.45) is 0. The van der Waals surface area contributed by atoms with E-state index >= 15 is 0 Å². The maximum absolute atomic E-state index is 12.1. The molecule has 1 amide bonds. The molecule has 0 fully saturated rings. The van der Waals surface area contributed by atoms with Crippen molar-refractivity contribution in [3.05, 3.63) is 35.4 Å². The van der Waals surface area contributed by atoms with Gasteiger partial charge in [-0.3, -0.25) is 4.79 Å². The Hall–Kier alpha value is -1.39. The third kappa shape index (κ3) is 3.55. The van der Waals surface area contributed by atoms with Gasteiger partial charge in [0.1, 0.15) is 5.60 Å². The van der Waals surface area contributed by atoms with Crippen LogP contribution in [-0.4, -0.2) is 30.6 Å². The van der Waals surface area contributed by atoms with E-state index < -0.39 is 5.60 Å². The Kier molecular flexibility index (Phi) is 4.87. The van der Waals surface area contributed by atoms with Gasteiger partial charge in [0.2, 0.25) is 0 Å². The summed E-state index contributed by atoms with van der Waals surface area (Å²) in [6, 6.07) is 7.95. The Morgan fingerprint density at radius 3 is 2.22 bits per heavy atom. The zero-order valence-corrected chi connectivity index (χ0v) is 11.6. The van der Waals surface area contributed by atoms with Gasteiger partial charge in [-0.05, 0) is 25.0 Å². The fourth-order valence-electron chi connectivity index (χ4n) is 1.67. The highest BCUT2D eigenvalue weighted by atomic mass is 16.5. The molecule has 0 atom stereocenters. The largest absolute Gasteiger partial charge is 0.369 e. The van der Waals surface area contributed by atoms with Crippen LogP contribution in [0.2, 0.25) is 0 Å². The molecule has 0 saturated carbocycles. The summed E-state index contributed by atoms with van der Waals surface area (Å²) in [6.45, 7) is 4.63. The monoisotopic (exact) mass is 250 g/mol. The van der Waals surface area contributed by atoms with Crippen molar-refractivity contribution in [1.29, 1.82) is 0 Å². The SMILES string of the molecule is COC(C)(C)C(=O)N(C)Cc1ccc(CN)cc1. The fraction of sp³-hybridized carbons (Fsp3) is 0.500. The lowest BCUT2D eigenvalue weighted by Crippen LogP contribution is -2.44. The van der Waals surface area contributed by atoms with E-state index in [0.717, 1.165) is 11.1 Å². The molecule has 1 aromatic carbocycles. The number of carbonyl (C=O) groups is 1. The van der Waals surface area contributed by atoms with Crippen molar-refractivity contribution < 1.29 is 9.53 Å². The first-order valence-corrected chi connectivity index (χ1v) is 5.99. The van der Waals surface area contributed by atoms with Crippen LogP contribution in [0.4, 0.5) is 0 Å². The molecule has 0 aliphatic heterocycles. The number of ether oxygens (including phenoxy) is 1. The van der Waals surface area contributed by atoms with Gasteiger partial charge in [-0.25, -0.2) is 0 Å². The summed E-state index contributed by atoms with van der Waals surface area (Å²) >= 11 is 0. The first-order valence-electron chi connectivity index (χ1n) is 5.99. The van der Waals surface area contributed by atoms with E-state index in [2.05, 4.69) is 0 Å². The smallest absolute Gasteiger partial charge is 0.254 e. The third-order valence-electron chi connectivity index (χ3n) is 3.05. The summed E-state index contributed by atoms with van der Waals surface area (Å²) < 4.78 is 5.19. The van der Waals surface area contributed by atoms with Gasteiger partial charge in [-0.15, -0.1) is 0 Å². The Labute approximate surface area is 109 Å². The summed E-state index contributed by atoms with van der Waals surface area (Å²) in [5, 5.41) is 0. The molecule has 0 aliphatic carbocycles. The van der Waals surface area contributed by atoms with E-state index in [4.69, 9.17) is 10.5 Å². The van der Waals surface area contributed by atoms with E-state index in [-0.39, 0.29) is 5.91 Å². The summed E-state index contributed by atoms with van der Waals surface area (Å²) in [4.78, 5) is 13.8. The minimum absolute atomic E-state index is 0.0344. The van der Waals surface area contributed by atoms with Crippen molar-refractivity contribution >= 4 is 5.91 Å². The highest BCUT2D eigenvalue weighted by molar-refractivity contribution is 5.84. The van der Waals surface area contributed by atoms with E-state index in [1.807, 2.05) is 24.3 Å². The number of likely N-dealkylation sites (N-methyl/N-ethyl adjacent to an activating group) is 1. The van der Waals surface area contributed by atoms with Crippen LogP contribution in [-0.2, 0) is 22.6 Å². The average Bonchev–Trinajstić information content (AvgIpc) is 2.38. The average molecular weight is 250 g/mol. The maximum atomic E-state index is 12.1. The minimum Gasteiger partial charge on any atom is -0.369 e. The van der Waals surface area contributed by atoms with Gasteiger partial charge in [-0.2, -0.15) is 0 Å². The number of hydrogen-bond acceptors (Lipinski definition) is 3. The molecule has 0 unspecified atom stereocenters. The quantitative estimate of drug-likeness (QED) is 0.862. The van der Waals surface area contributed by atoms with Gasteiger partial charge >= 0.3 is 0 Å². The zero-order chi connectivity index (χ0) is 13.8. The number of benzene rings is 1. The highest BCUT2D eigenvalue weighted by Crippen LogP contribution is 2.14. The topological polar surface area (TPSA) is 55.6 Å². The fourth-order valence-corrected chi connectivity index (χ4v) is 1.67. The normalized spacial score (nSPS) is 11.4. The lowest BCUT2D eigenvalue weighted by atomic mass is 10.1. The molecule has 0 aromatic heterocycles. The number of nitrogens with two attached hydrogens (primary N) is 1. The molecule has 18 heavy (non-hydrogen) atoms. The van der Waals surface area contributed by atoms with Gasteiger partial charge in [0.15, 0.2) is 0 Å². The lowest BCUT2D eigenvalue weighted by Gasteiger charge is -2.28. The molecule has 0 heterocycles. The molecule has 100 valence electrons. The second-order valence-corrected chi connectivity index (χ2v) is 4.90. The number of methoxy groups -OCH3 is 1. The van der Waals surface area contributed by atoms with E-state index in [9.17, 15) is 4.79 Å². The van der Waals surface area contributed by atoms with Gasteiger partial charge < -0.3 is 15.4 Å². The van der Waals surface area contributed by atoms with Gasteiger partial charge in [-0.1, -0.05) is 24.3 Å². The lowest BCUT2D eigenvalue weighted by molar-refractivity contribution is -0.150. The van der Waals surface area contributed by atoms with Crippen LogP contribution in [0, 0.1) is 0 Å². The molecule has 0 bridgehead atoms. The number of amides is 1. The van der Waals surface area contributed by atoms with Crippen LogP contribution in [0.5, 0.6) is 0 Å². The molecule has 0 aliphatic rings. The molecule has 4 heteroatoms. The molecule has 0 saturated heterocycles. The summed E-state index contributed by atoms with van der Waals surface area (Å²) in [5.74, 6) is -0.0344. The first kappa shape index (κ1) is 14.7. The molecular formula is C14H22N2O2. The molecule has 4 nitrogen and oxygen atoms in total. The van der Waals surface area contributed by atoms with Crippen LogP contribution >= 0.6 is 0 Å². The third-order valence-corrected chi connectivity index (χ3v) is 3.05. The first-order chi connectivity index (χ1) is 8.40. The van der Waals surface area contributed by atoms with E-state index in [0.29, 0.717) is 13.1 Å². The van der Waals surface area contributed by atoms with Crippen LogP contribution in [0.25, 0.3) is 0 Å². The second-order valence-electron chi connectivity index (χ2n) is 4.90. The Bertz CT molecular complexity index is 399. The van der Waals surface area contributed by atoms with Crippen LogP contribution in [0.15, 0.2) is 24.3 Å². The van der Waals surface area contributed by atoms with Crippen molar-refractivity contribution in [2.24, 2.45) is 5.73 Å². The maximum Gasteiger partial charge on any atom is 0.254 e. The van der Waals surface area contributed by atoms with E-state index in [1.54, 1.807) is 32.9 Å². The second kappa shape index (κ2) is 5.98. The van der Waals surface area contributed by atoms with Crippen LogP contribution < -0.4 is 5.73 Å². The Morgan fingerprint density at radius 2 is 1.78 bits per heavy atom. The van der Waals surface area contributed by atoms with Crippen molar-refractivity contribution in [3.8, 4) is 0 Å². The molecular weight excluding hydrogens is 228 g/mol. The summed E-state index contributed by atoms with van der Waals surface area (Å²) in [5.41, 5.74) is 6.92. The summed E-state index contributed by atoms with van der Waals surface area (Å²) in [7, 11) is 3.32. The number of carbonyl (C=O) groups excluding carboxylic acids is 1. The van der Waals surface area contributed by atoms with Crippen LogP contribution in [0.3, 0.4) is 0 Å². The highest BCUT2D eigenvalue weighted by Gasteiger charge is 2.29. The Morgan fingerprint density at radius 1 is 1.28 bits per heavy atom. The predicted molar refractivity (Wildman–Crippen MR) is 71.9 cm³/mol. The standard InChI is InChI=1S/C14H22N2O2/c1-14(2,18-4)13(17)16(3)10-12-7-5-11(9-15)6-8-12/h5-8H,9-10,15H2,1-4H3. The van der Waals surface area contributed by atoms with Crippen molar-refractivity contribution in [1.82, 2.24) is 4.90 Å². The van der Waals surface area contributed by atoms with Gasteiger partial charge in [0.05, 0.1) is 0 Å². The van der Waals surface area contributed by atoms with Crippen molar-refractivity contribution in [2.75, 3.05) is 14.2 Å². The van der Waals surface area contributed by atoms with Gasteiger partial charge in [0.25, 0.3) is 5.91 Å². The number of rotatable bonds is 5. The minimum atomic E-state index is -0.786. The Balaban J connectivity index is 2.69. The molecule has 1 aromatic rings. The van der Waals surface area contributed by atoms with Crippen molar-refractivity contribution in [3.63, 3.8) is 0 Å². The molecule has 2 N–H and O–H groups in total. The zero-order valence-electron chi connectivity index (χ0n) is 11.6. The predicted octanol–water partition coefficient (Wildman–Crippen LogP) is 1.53. The van der Waals surface area contributed by atoms with Gasteiger partial charge in [0, 0.05) is 27.2 Å². The molecule has 1 rings (SSSR count). The van der Waals surface area contributed by atoms with E-state index in [1.165, 1.54) is 0 Å². The number of hydrogen-bond donors (Lipinski definition) is 1. The van der Waals surface area contributed by atoms with Crippen molar-refractivity contribution in [2.45, 2.75) is 32.5 Å².